The lowest BCUT2D eigenvalue weighted by molar-refractivity contribution is -0.122. The van der Waals surface area contributed by atoms with Crippen LogP contribution in [0.25, 0.3) is 0 Å². The van der Waals surface area contributed by atoms with Gasteiger partial charge in [0.25, 0.3) is 0 Å². The molecule has 0 aromatic heterocycles. The van der Waals surface area contributed by atoms with E-state index in [4.69, 9.17) is 4.74 Å². The summed E-state index contributed by atoms with van der Waals surface area (Å²) in [6.07, 6.45) is 2.47. The summed E-state index contributed by atoms with van der Waals surface area (Å²) in [5, 5.41) is 0. The van der Waals surface area contributed by atoms with E-state index in [1.807, 2.05) is 44.2 Å². The fourth-order valence-electron chi connectivity index (χ4n) is 1.86. The first-order valence-corrected chi connectivity index (χ1v) is 6.41. The molecule has 94 valence electrons. The lowest BCUT2D eigenvalue weighted by Crippen LogP contribution is -2.22. The number of ketones is 1. The molecule has 0 radical (unpaired) electrons. The molecule has 1 aromatic rings. The van der Waals surface area contributed by atoms with Crippen molar-refractivity contribution >= 4 is 5.78 Å². The number of benzene rings is 1. The molecule has 1 rings (SSSR count). The molecule has 0 aliphatic heterocycles. The summed E-state index contributed by atoms with van der Waals surface area (Å²) in [5.74, 6) is 1.30. The van der Waals surface area contributed by atoms with Gasteiger partial charge in [0.2, 0.25) is 0 Å². The SMILES string of the molecule is CCC(=O)[C@@H](C)C[C@@H](CC)Oc1ccccc1. The van der Waals surface area contributed by atoms with Crippen molar-refractivity contribution in [1.29, 1.82) is 0 Å². The second kappa shape index (κ2) is 7.10. The third kappa shape index (κ3) is 4.59. The third-order valence-corrected chi connectivity index (χ3v) is 3.02. The van der Waals surface area contributed by atoms with Crippen LogP contribution in [-0.2, 0) is 4.79 Å². The first-order chi connectivity index (χ1) is 8.17. The maximum atomic E-state index is 11.6. The Bertz CT molecular complexity index is 332. The standard InChI is InChI=1S/C15H22O2/c1-4-13(11-12(3)15(16)5-2)17-14-9-7-6-8-10-14/h6-10,12-13H,4-5,11H2,1-3H3/t12-,13+/m0/s1. The molecular weight excluding hydrogens is 212 g/mol. The number of hydrogen-bond donors (Lipinski definition) is 0. The highest BCUT2D eigenvalue weighted by Gasteiger charge is 2.17. The van der Waals surface area contributed by atoms with E-state index in [-0.39, 0.29) is 12.0 Å². The summed E-state index contributed by atoms with van der Waals surface area (Å²) in [6, 6.07) is 9.80. The molecule has 0 bridgehead atoms. The van der Waals surface area contributed by atoms with Crippen LogP contribution < -0.4 is 4.74 Å². The molecule has 0 N–H and O–H groups in total. The summed E-state index contributed by atoms with van der Waals surface area (Å²) in [6.45, 7) is 6.00. The van der Waals surface area contributed by atoms with Crippen LogP contribution in [0.3, 0.4) is 0 Å². The number of ether oxygens (including phenoxy) is 1. The highest BCUT2D eigenvalue weighted by Crippen LogP contribution is 2.18. The van der Waals surface area contributed by atoms with E-state index in [0.29, 0.717) is 12.2 Å². The molecule has 0 heterocycles. The van der Waals surface area contributed by atoms with Crippen LogP contribution in [0.2, 0.25) is 0 Å². The Balaban J connectivity index is 2.52. The highest BCUT2D eigenvalue weighted by molar-refractivity contribution is 5.80. The zero-order valence-electron chi connectivity index (χ0n) is 11.0. The second-order valence-electron chi connectivity index (χ2n) is 4.42. The average molecular weight is 234 g/mol. The van der Waals surface area contributed by atoms with Crippen molar-refractivity contribution in [2.24, 2.45) is 5.92 Å². The summed E-state index contributed by atoms with van der Waals surface area (Å²) in [4.78, 5) is 11.6. The number of para-hydroxylation sites is 1. The molecule has 0 saturated carbocycles. The normalized spacial score (nSPS) is 14.1. The van der Waals surface area contributed by atoms with E-state index in [1.54, 1.807) is 0 Å². The molecule has 0 fully saturated rings. The zero-order valence-corrected chi connectivity index (χ0v) is 11.0. The molecule has 2 atom stereocenters. The largest absolute Gasteiger partial charge is 0.490 e. The van der Waals surface area contributed by atoms with Gasteiger partial charge in [-0.05, 0) is 25.0 Å². The van der Waals surface area contributed by atoms with Crippen LogP contribution in [-0.4, -0.2) is 11.9 Å². The average Bonchev–Trinajstić information content (AvgIpc) is 2.38. The van der Waals surface area contributed by atoms with Crippen LogP contribution in [0.5, 0.6) is 5.75 Å². The quantitative estimate of drug-likeness (QED) is 0.716. The topological polar surface area (TPSA) is 26.3 Å². The van der Waals surface area contributed by atoms with Gasteiger partial charge in [-0.3, -0.25) is 4.79 Å². The molecular formula is C15H22O2. The van der Waals surface area contributed by atoms with Crippen LogP contribution in [0.1, 0.15) is 40.0 Å². The summed E-state index contributed by atoms with van der Waals surface area (Å²) >= 11 is 0. The van der Waals surface area contributed by atoms with Gasteiger partial charge in [0.05, 0.1) is 6.10 Å². The maximum Gasteiger partial charge on any atom is 0.135 e. The molecule has 0 aliphatic rings. The second-order valence-corrected chi connectivity index (χ2v) is 4.42. The number of carbonyl (C=O) groups excluding carboxylic acids is 1. The number of hydrogen-bond acceptors (Lipinski definition) is 2. The van der Waals surface area contributed by atoms with E-state index in [1.165, 1.54) is 0 Å². The molecule has 0 saturated heterocycles. The first-order valence-electron chi connectivity index (χ1n) is 6.41. The monoisotopic (exact) mass is 234 g/mol. The lowest BCUT2D eigenvalue weighted by atomic mass is 9.96. The highest BCUT2D eigenvalue weighted by atomic mass is 16.5. The maximum absolute atomic E-state index is 11.6. The first kappa shape index (κ1) is 13.8. The Morgan fingerprint density at radius 1 is 1.24 bits per heavy atom. The number of carbonyl (C=O) groups is 1. The Kier molecular flexibility index (Phi) is 5.75. The van der Waals surface area contributed by atoms with Crippen molar-refractivity contribution in [2.75, 3.05) is 0 Å². The van der Waals surface area contributed by atoms with Crippen LogP contribution in [0.15, 0.2) is 30.3 Å². The van der Waals surface area contributed by atoms with Crippen molar-refractivity contribution in [2.45, 2.75) is 46.1 Å². The van der Waals surface area contributed by atoms with Gasteiger partial charge in [-0.25, -0.2) is 0 Å². The minimum atomic E-state index is 0.0914. The summed E-state index contributed by atoms with van der Waals surface area (Å²) < 4.78 is 5.88. The van der Waals surface area contributed by atoms with Gasteiger partial charge in [-0.2, -0.15) is 0 Å². The smallest absolute Gasteiger partial charge is 0.135 e. The van der Waals surface area contributed by atoms with Gasteiger partial charge in [-0.1, -0.05) is 39.0 Å². The van der Waals surface area contributed by atoms with E-state index >= 15 is 0 Å². The molecule has 0 aliphatic carbocycles. The van der Waals surface area contributed by atoms with Crippen LogP contribution in [0, 0.1) is 5.92 Å². The fourth-order valence-corrected chi connectivity index (χ4v) is 1.86. The predicted molar refractivity (Wildman–Crippen MR) is 70.2 cm³/mol. The van der Waals surface area contributed by atoms with Gasteiger partial charge >= 0.3 is 0 Å². The van der Waals surface area contributed by atoms with Crippen molar-refractivity contribution in [3.05, 3.63) is 30.3 Å². The van der Waals surface area contributed by atoms with Gasteiger partial charge in [0, 0.05) is 12.3 Å². The minimum absolute atomic E-state index is 0.0914. The number of Topliss-reactive ketones (excluding diaryl/α,β-unsaturated/α-hetero) is 1. The van der Waals surface area contributed by atoms with Crippen LogP contribution in [0.4, 0.5) is 0 Å². The zero-order chi connectivity index (χ0) is 12.7. The molecule has 2 nitrogen and oxygen atoms in total. The van der Waals surface area contributed by atoms with E-state index in [9.17, 15) is 4.79 Å². The van der Waals surface area contributed by atoms with E-state index in [0.717, 1.165) is 18.6 Å². The molecule has 2 heteroatoms. The van der Waals surface area contributed by atoms with Crippen LogP contribution >= 0.6 is 0 Å². The summed E-state index contributed by atoms with van der Waals surface area (Å²) in [5.41, 5.74) is 0. The molecule has 0 spiro atoms. The van der Waals surface area contributed by atoms with E-state index in [2.05, 4.69) is 6.92 Å². The van der Waals surface area contributed by atoms with Crippen molar-refractivity contribution in [1.82, 2.24) is 0 Å². The fraction of sp³-hybridized carbons (Fsp3) is 0.533. The molecule has 0 unspecified atom stereocenters. The van der Waals surface area contributed by atoms with Crippen molar-refractivity contribution < 1.29 is 9.53 Å². The van der Waals surface area contributed by atoms with Gasteiger partial charge in [0.15, 0.2) is 0 Å². The Labute approximate surface area is 104 Å². The molecule has 1 aromatic carbocycles. The Morgan fingerprint density at radius 2 is 1.88 bits per heavy atom. The Morgan fingerprint density at radius 3 is 2.41 bits per heavy atom. The van der Waals surface area contributed by atoms with E-state index < -0.39 is 0 Å². The minimum Gasteiger partial charge on any atom is -0.490 e. The summed E-state index contributed by atoms with van der Waals surface area (Å²) in [7, 11) is 0. The van der Waals surface area contributed by atoms with Crippen molar-refractivity contribution in [3.63, 3.8) is 0 Å². The van der Waals surface area contributed by atoms with Crippen molar-refractivity contribution in [3.8, 4) is 5.75 Å². The Hall–Kier alpha value is -1.31. The lowest BCUT2D eigenvalue weighted by Gasteiger charge is -2.20. The molecule has 17 heavy (non-hydrogen) atoms. The number of rotatable bonds is 7. The van der Waals surface area contributed by atoms with Gasteiger partial charge < -0.3 is 4.74 Å². The third-order valence-electron chi connectivity index (χ3n) is 3.02. The molecule has 0 amide bonds. The van der Waals surface area contributed by atoms with Gasteiger partial charge in [0.1, 0.15) is 11.5 Å². The van der Waals surface area contributed by atoms with Gasteiger partial charge in [-0.15, -0.1) is 0 Å². The predicted octanol–water partition coefficient (Wildman–Crippen LogP) is 3.85.